The van der Waals surface area contributed by atoms with Gasteiger partial charge in [0, 0.05) is 24.0 Å². The monoisotopic (exact) mass is 323 g/mol. The van der Waals surface area contributed by atoms with Gasteiger partial charge >= 0.3 is 0 Å². The maximum Gasteiger partial charge on any atom is 0.222 e. The topological polar surface area (TPSA) is 20.3 Å². The molecule has 0 saturated carbocycles. The Morgan fingerprint density at radius 2 is 1.79 bits per heavy atom. The Kier molecular flexibility index (Phi) is 5.90. The first-order chi connectivity index (χ1) is 9.25. The third-order valence-corrected chi connectivity index (χ3v) is 4.22. The van der Waals surface area contributed by atoms with Crippen molar-refractivity contribution in [3.8, 4) is 0 Å². The van der Waals surface area contributed by atoms with E-state index in [9.17, 15) is 4.79 Å². The number of nitrogens with zero attached hydrogens (tertiary/aromatic N) is 1. The van der Waals surface area contributed by atoms with E-state index in [2.05, 4.69) is 33.0 Å². The Balaban J connectivity index is 1.82. The van der Waals surface area contributed by atoms with E-state index < -0.39 is 0 Å². The van der Waals surface area contributed by atoms with Crippen molar-refractivity contribution in [2.24, 2.45) is 0 Å². The molecule has 0 spiro atoms. The summed E-state index contributed by atoms with van der Waals surface area (Å²) < 4.78 is 1.09. The molecule has 0 aliphatic carbocycles. The van der Waals surface area contributed by atoms with Crippen LogP contribution in [0, 0.1) is 0 Å². The highest BCUT2D eigenvalue weighted by Crippen LogP contribution is 2.15. The number of carbonyl (C=O) groups is 1. The molecule has 0 radical (unpaired) electrons. The van der Waals surface area contributed by atoms with Crippen LogP contribution in [0.4, 0.5) is 0 Å². The lowest BCUT2D eigenvalue weighted by Crippen LogP contribution is -2.33. The molecule has 104 valence electrons. The van der Waals surface area contributed by atoms with Crippen LogP contribution in [-0.2, 0) is 11.2 Å². The van der Waals surface area contributed by atoms with Crippen LogP contribution >= 0.6 is 15.9 Å². The van der Waals surface area contributed by atoms with Gasteiger partial charge in [-0.3, -0.25) is 4.79 Å². The van der Waals surface area contributed by atoms with Gasteiger partial charge in [-0.05, 0) is 37.0 Å². The number of benzene rings is 1. The largest absolute Gasteiger partial charge is 0.343 e. The second-order valence-corrected chi connectivity index (χ2v) is 6.19. The molecule has 0 bridgehead atoms. The minimum atomic E-state index is 0.321. The normalized spacial score (nSPS) is 16.8. The van der Waals surface area contributed by atoms with Crippen molar-refractivity contribution < 1.29 is 4.79 Å². The van der Waals surface area contributed by atoms with Crippen LogP contribution < -0.4 is 0 Å². The molecule has 1 aliphatic heterocycles. The Morgan fingerprint density at radius 1 is 1.11 bits per heavy atom. The highest BCUT2D eigenvalue weighted by atomic mass is 79.9. The fourth-order valence-corrected chi connectivity index (χ4v) is 3.05. The van der Waals surface area contributed by atoms with Crippen molar-refractivity contribution in [2.45, 2.75) is 44.9 Å². The average molecular weight is 324 g/mol. The molecule has 2 rings (SSSR count). The van der Waals surface area contributed by atoms with Crippen molar-refractivity contribution in [3.05, 3.63) is 34.3 Å². The molecule has 0 N–H and O–H groups in total. The van der Waals surface area contributed by atoms with Crippen LogP contribution in [-0.4, -0.2) is 23.9 Å². The fourth-order valence-electron chi connectivity index (χ4n) is 2.60. The molecule has 1 heterocycles. The summed E-state index contributed by atoms with van der Waals surface area (Å²) in [7, 11) is 0. The summed E-state index contributed by atoms with van der Waals surface area (Å²) in [5, 5.41) is 0. The van der Waals surface area contributed by atoms with E-state index in [4.69, 9.17) is 0 Å². The van der Waals surface area contributed by atoms with Gasteiger partial charge in [-0.1, -0.05) is 47.3 Å². The Morgan fingerprint density at radius 3 is 2.47 bits per heavy atom. The third kappa shape index (κ3) is 4.98. The average Bonchev–Trinajstić information content (AvgIpc) is 2.36. The standard InChI is InChI=1S/C16H22BrNO/c17-15-8-6-7-14(13-15)9-10-16(19)18-11-4-2-1-3-5-12-18/h6-8,13H,1-5,9-12H2. The van der Waals surface area contributed by atoms with Gasteiger partial charge in [0.1, 0.15) is 0 Å². The van der Waals surface area contributed by atoms with Gasteiger partial charge in [0.15, 0.2) is 0 Å². The lowest BCUT2D eigenvalue weighted by Gasteiger charge is -2.24. The predicted octanol–water partition coefficient (Wildman–Crippen LogP) is 4.17. The van der Waals surface area contributed by atoms with Gasteiger partial charge < -0.3 is 4.90 Å². The van der Waals surface area contributed by atoms with Crippen LogP contribution in [0.1, 0.15) is 44.1 Å². The van der Waals surface area contributed by atoms with Gasteiger partial charge in [0.2, 0.25) is 5.91 Å². The lowest BCUT2D eigenvalue weighted by atomic mass is 10.1. The molecular formula is C16H22BrNO. The maximum atomic E-state index is 12.2. The van der Waals surface area contributed by atoms with E-state index in [0.717, 1.165) is 24.0 Å². The summed E-state index contributed by atoms with van der Waals surface area (Å²) in [6, 6.07) is 8.23. The molecule has 1 amide bonds. The maximum absolute atomic E-state index is 12.2. The number of rotatable bonds is 3. The van der Waals surface area contributed by atoms with Crippen molar-refractivity contribution >= 4 is 21.8 Å². The first kappa shape index (κ1) is 14.6. The quantitative estimate of drug-likeness (QED) is 0.817. The number of carbonyl (C=O) groups excluding carboxylic acids is 1. The number of aryl methyl sites for hydroxylation is 1. The van der Waals surface area contributed by atoms with Gasteiger partial charge in [-0.25, -0.2) is 0 Å². The van der Waals surface area contributed by atoms with Crippen molar-refractivity contribution in [3.63, 3.8) is 0 Å². The fraction of sp³-hybridized carbons (Fsp3) is 0.562. The molecule has 0 atom stereocenters. The molecule has 1 aromatic carbocycles. The highest BCUT2D eigenvalue weighted by molar-refractivity contribution is 9.10. The molecular weight excluding hydrogens is 302 g/mol. The summed E-state index contributed by atoms with van der Waals surface area (Å²) in [5.41, 5.74) is 1.23. The third-order valence-electron chi connectivity index (χ3n) is 3.73. The van der Waals surface area contributed by atoms with E-state index in [-0.39, 0.29) is 0 Å². The minimum absolute atomic E-state index is 0.321. The number of amides is 1. The molecule has 19 heavy (non-hydrogen) atoms. The molecule has 0 unspecified atom stereocenters. The molecule has 1 aromatic rings. The lowest BCUT2D eigenvalue weighted by molar-refractivity contribution is -0.131. The van der Waals surface area contributed by atoms with Crippen molar-refractivity contribution in [1.29, 1.82) is 0 Å². The first-order valence-electron chi connectivity index (χ1n) is 7.28. The smallest absolute Gasteiger partial charge is 0.222 e. The van der Waals surface area contributed by atoms with Crippen LogP contribution in [0.3, 0.4) is 0 Å². The van der Waals surface area contributed by atoms with E-state index >= 15 is 0 Å². The zero-order chi connectivity index (χ0) is 13.5. The SMILES string of the molecule is O=C(CCc1cccc(Br)c1)N1CCCCCCC1. The second-order valence-electron chi connectivity index (χ2n) is 5.28. The van der Waals surface area contributed by atoms with E-state index in [1.807, 2.05) is 12.1 Å². The zero-order valence-electron chi connectivity index (χ0n) is 11.4. The van der Waals surface area contributed by atoms with Crippen LogP contribution in [0.5, 0.6) is 0 Å². The van der Waals surface area contributed by atoms with Crippen LogP contribution in [0.2, 0.25) is 0 Å². The van der Waals surface area contributed by atoms with Gasteiger partial charge in [0.05, 0.1) is 0 Å². The molecule has 3 heteroatoms. The van der Waals surface area contributed by atoms with Crippen LogP contribution in [0.25, 0.3) is 0 Å². The summed E-state index contributed by atoms with van der Waals surface area (Å²) in [4.78, 5) is 14.3. The van der Waals surface area contributed by atoms with Gasteiger partial charge in [-0.15, -0.1) is 0 Å². The van der Waals surface area contributed by atoms with E-state index in [1.54, 1.807) is 0 Å². The Labute approximate surface area is 124 Å². The Hall–Kier alpha value is -0.830. The molecule has 0 aromatic heterocycles. The molecule has 2 nitrogen and oxygen atoms in total. The highest BCUT2D eigenvalue weighted by Gasteiger charge is 2.14. The minimum Gasteiger partial charge on any atom is -0.343 e. The van der Waals surface area contributed by atoms with Crippen LogP contribution in [0.15, 0.2) is 28.7 Å². The summed E-state index contributed by atoms with van der Waals surface area (Å²) >= 11 is 3.47. The molecule has 1 fully saturated rings. The Bertz CT molecular complexity index is 411. The molecule has 1 aliphatic rings. The number of hydrogen-bond donors (Lipinski definition) is 0. The predicted molar refractivity (Wildman–Crippen MR) is 82.1 cm³/mol. The molecule has 1 saturated heterocycles. The first-order valence-corrected chi connectivity index (χ1v) is 8.07. The van der Waals surface area contributed by atoms with Gasteiger partial charge in [0.25, 0.3) is 0 Å². The van der Waals surface area contributed by atoms with Crippen molar-refractivity contribution in [1.82, 2.24) is 4.90 Å². The number of halogens is 1. The van der Waals surface area contributed by atoms with Gasteiger partial charge in [-0.2, -0.15) is 0 Å². The summed E-state index contributed by atoms with van der Waals surface area (Å²) in [6.07, 6.45) is 7.70. The number of hydrogen-bond acceptors (Lipinski definition) is 1. The number of likely N-dealkylation sites (tertiary alicyclic amines) is 1. The zero-order valence-corrected chi connectivity index (χ0v) is 13.0. The van der Waals surface area contributed by atoms with E-state index in [0.29, 0.717) is 12.3 Å². The van der Waals surface area contributed by atoms with E-state index in [1.165, 1.54) is 37.7 Å². The summed E-state index contributed by atoms with van der Waals surface area (Å²) in [5.74, 6) is 0.321. The summed E-state index contributed by atoms with van der Waals surface area (Å²) in [6.45, 7) is 1.91. The van der Waals surface area contributed by atoms with Crippen molar-refractivity contribution in [2.75, 3.05) is 13.1 Å². The second kappa shape index (κ2) is 7.68.